The first-order chi connectivity index (χ1) is 12.9. The average molecular weight is 374 g/mol. The number of nitro groups is 1. The first-order valence-electron chi connectivity index (χ1n) is 7.70. The number of nitro benzene ring substituents is 1. The van der Waals surface area contributed by atoms with Gasteiger partial charge in [-0.05, 0) is 24.3 Å². The minimum atomic E-state index is -0.751. The summed E-state index contributed by atoms with van der Waals surface area (Å²) in [6.07, 6.45) is 0.789. The Kier molecular flexibility index (Phi) is 6.53. The van der Waals surface area contributed by atoms with E-state index in [-0.39, 0.29) is 24.1 Å². The molecule has 0 heterocycles. The summed E-state index contributed by atoms with van der Waals surface area (Å²) in [4.78, 5) is 33.3. The molecule has 0 aliphatic carbocycles. The molecule has 27 heavy (non-hydrogen) atoms. The summed E-state index contributed by atoms with van der Waals surface area (Å²) in [6, 6.07) is 9.24. The Bertz CT molecular complexity index is 901. The van der Waals surface area contributed by atoms with E-state index in [0.29, 0.717) is 0 Å². The van der Waals surface area contributed by atoms with Gasteiger partial charge in [0.05, 0.1) is 16.8 Å². The van der Waals surface area contributed by atoms with Crippen LogP contribution in [0.3, 0.4) is 0 Å². The zero-order valence-corrected chi connectivity index (χ0v) is 13.9. The van der Waals surface area contributed by atoms with Gasteiger partial charge in [-0.25, -0.2) is 9.82 Å². The number of carbonyl (C=O) groups excluding carboxylic acids is 2. The predicted octanol–water partition coefficient (Wildman–Crippen LogP) is 2.31. The third-order valence-electron chi connectivity index (χ3n) is 3.33. The van der Waals surface area contributed by atoms with Crippen LogP contribution in [-0.2, 0) is 9.59 Å². The van der Waals surface area contributed by atoms with Crippen LogP contribution in [0.2, 0.25) is 0 Å². The molecule has 0 saturated carbocycles. The van der Waals surface area contributed by atoms with Crippen LogP contribution in [0.5, 0.6) is 5.75 Å². The Labute approximate surface area is 152 Å². The number of benzene rings is 2. The Balaban J connectivity index is 1.81. The quantitative estimate of drug-likeness (QED) is 0.388. The van der Waals surface area contributed by atoms with E-state index in [9.17, 15) is 29.2 Å². The zero-order chi connectivity index (χ0) is 19.8. The molecule has 0 fully saturated rings. The molecule has 0 saturated heterocycles. The SMILES string of the molecule is O=C(CCC(=O)Nc1ccccc1F)N/N=C/c1ccc(O)c([N+](=O)[O-])c1. The lowest BCUT2D eigenvalue weighted by Gasteiger charge is -2.05. The van der Waals surface area contributed by atoms with Crippen LogP contribution in [0.25, 0.3) is 0 Å². The van der Waals surface area contributed by atoms with E-state index in [1.807, 2.05) is 0 Å². The highest BCUT2D eigenvalue weighted by Gasteiger charge is 2.13. The monoisotopic (exact) mass is 374 g/mol. The van der Waals surface area contributed by atoms with E-state index in [0.717, 1.165) is 18.3 Å². The maximum atomic E-state index is 13.4. The molecule has 9 nitrogen and oxygen atoms in total. The summed E-state index contributed by atoms with van der Waals surface area (Å²) in [5.74, 6) is -2.17. The molecule has 3 N–H and O–H groups in total. The second kappa shape index (κ2) is 9.04. The summed E-state index contributed by atoms with van der Waals surface area (Å²) in [5.41, 5.74) is 1.99. The number of phenols is 1. The van der Waals surface area contributed by atoms with Gasteiger partial charge in [0, 0.05) is 24.5 Å². The fraction of sp³-hybridized carbons (Fsp3) is 0.118. The van der Waals surface area contributed by atoms with Crippen LogP contribution < -0.4 is 10.7 Å². The van der Waals surface area contributed by atoms with Crippen molar-refractivity contribution in [3.8, 4) is 5.75 Å². The summed E-state index contributed by atoms with van der Waals surface area (Å²) < 4.78 is 13.4. The number of anilines is 1. The van der Waals surface area contributed by atoms with Gasteiger partial charge < -0.3 is 10.4 Å². The maximum absolute atomic E-state index is 13.4. The molecular formula is C17H15FN4O5. The van der Waals surface area contributed by atoms with Gasteiger partial charge in [0.25, 0.3) is 0 Å². The molecule has 0 aliphatic heterocycles. The van der Waals surface area contributed by atoms with Crippen LogP contribution in [0, 0.1) is 15.9 Å². The average Bonchev–Trinajstić information content (AvgIpc) is 2.63. The Morgan fingerprint density at radius 2 is 1.89 bits per heavy atom. The van der Waals surface area contributed by atoms with Crippen molar-refractivity contribution in [1.82, 2.24) is 5.43 Å². The van der Waals surface area contributed by atoms with E-state index in [4.69, 9.17) is 0 Å². The first kappa shape index (κ1) is 19.5. The molecular weight excluding hydrogens is 359 g/mol. The van der Waals surface area contributed by atoms with Gasteiger partial charge in [0.2, 0.25) is 11.8 Å². The molecule has 0 spiro atoms. The second-order valence-corrected chi connectivity index (χ2v) is 5.33. The number of aromatic hydroxyl groups is 1. The predicted molar refractivity (Wildman–Crippen MR) is 94.8 cm³/mol. The summed E-state index contributed by atoms with van der Waals surface area (Å²) in [6.45, 7) is 0. The van der Waals surface area contributed by atoms with Crippen molar-refractivity contribution >= 4 is 29.4 Å². The van der Waals surface area contributed by atoms with Gasteiger partial charge in [0.15, 0.2) is 5.75 Å². The second-order valence-electron chi connectivity index (χ2n) is 5.33. The fourth-order valence-electron chi connectivity index (χ4n) is 2.00. The molecule has 0 bridgehead atoms. The molecule has 2 amide bonds. The molecule has 0 aliphatic rings. The largest absolute Gasteiger partial charge is 0.502 e. The topological polar surface area (TPSA) is 134 Å². The number of amides is 2. The molecule has 2 aromatic carbocycles. The number of nitrogens with zero attached hydrogens (tertiary/aromatic N) is 2. The van der Waals surface area contributed by atoms with Gasteiger partial charge in [-0.3, -0.25) is 19.7 Å². The highest BCUT2D eigenvalue weighted by Crippen LogP contribution is 2.25. The standard InChI is InChI=1S/C17H15FN4O5/c18-12-3-1-2-4-13(12)20-16(24)7-8-17(25)21-19-10-11-5-6-15(23)14(9-11)22(26)27/h1-6,9-10,23H,7-8H2,(H,20,24)(H,21,25)/b19-10+. The molecule has 10 heteroatoms. The summed E-state index contributed by atoms with van der Waals surface area (Å²) >= 11 is 0. The zero-order valence-electron chi connectivity index (χ0n) is 13.9. The van der Waals surface area contributed by atoms with E-state index in [2.05, 4.69) is 15.8 Å². The van der Waals surface area contributed by atoms with E-state index < -0.39 is 34.0 Å². The van der Waals surface area contributed by atoms with Crippen LogP contribution in [0.1, 0.15) is 18.4 Å². The minimum Gasteiger partial charge on any atom is -0.502 e. The van der Waals surface area contributed by atoms with Gasteiger partial charge in [-0.1, -0.05) is 12.1 Å². The third-order valence-corrected chi connectivity index (χ3v) is 3.33. The number of phenolic OH excluding ortho intramolecular Hbond substituents is 1. The van der Waals surface area contributed by atoms with Crippen LogP contribution in [0.4, 0.5) is 15.8 Å². The number of rotatable bonds is 7. The van der Waals surface area contributed by atoms with Crippen LogP contribution in [0.15, 0.2) is 47.6 Å². The van der Waals surface area contributed by atoms with Crippen molar-refractivity contribution in [2.45, 2.75) is 12.8 Å². The number of hydrogen-bond donors (Lipinski definition) is 3. The van der Waals surface area contributed by atoms with Gasteiger partial charge in [0.1, 0.15) is 5.82 Å². The van der Waals surface area contributed by atoms with Crippen LogP contribution >= 0.6 is 0 Å². The number of nitrogens with one attached hydrogen (secondary N) is 2. The molecule has 2 rings (SSSR count). The van der Waals surface area contributed by atoms with Crippen LogP contribution in [-0.4, -0.2) is 28.1 Å². The Hall–Kier alpha value is -3.82. The molecule has 140 valence electrons. The number of para-hydroxylation sites is 1. The maximum Gasteiger partial charge on any atom is 0.311 e. The smallest absolute Gasteiger partial charge is 0.311 e. The molecule has 0 atom stereocenters. The van der Waals surface area contributed by atoms with Gasteiger partial charge in [-0.15, -0.1) is 0 Å². The Morgan fingerprint density at radius 3 is 2.59 bits per heavy atom. The summed E-state index contributed by atoms with van der Waals surface area (Å²) in [5, 5.41) is 26.1. The normalized spacial score (nSPS) is 10.6. The lowest BCUT2D eigenvalue weighted by atomic mass is 10.2. The highest BCUT2D eigenvalue weighted by atomic mass is 19.1. The van der Waals surface area contributed by atoms with Crippen molar-refractivity contribution in [2.24, 2.45) is 5.10 Å². The lowest BCUT2D eigenvalue weighted by molar-refractivity contribution is -0.385. The van der Waals surface area contributed by atoms with Crippen molar-refractivity contribution in [2.75, 3.05) is 5.32 Å². The molecule has 2 aromatic rings. The van der Waals surface area contributed by atoms with Crippen molar-refractivity contribution < 1.29 is 24.0 Å². The Morgan fingerprint density at radius 1 is 1.19 bits per heavy atom. The van der Waals surface area contributed by atoms with E-state index in [1.54, 1.807) is 6.07 Å². The van der Waals surface area contributed by atoms with Crippen molar-refractivity contribution in [1.29, 1.82) is 0 Å². The number of hydrazone groups is 1. The van der Waals surface area contributed by atoms with Gasteiger partial charge in [-0.2, -0.15) is 5.10 Å². The molecule has 0 aromatic heterocycles. The minimum absolute atomic E-state index is 0.0230. The first-order valence-corrected chi connectivity index (χ1v) is 7.70. The van der Waals surface area contributed by atoms with Crippen molar-refractivity contribution in [3.05, 3.63) is 64.0 Å². The van der Waals surface area contributed by atoms with E-state index >= 15 is 0 Å². The van der Waals surface area contributed by atoms with Gasteiger partial charge >= 0.3 is 5.69 Å². The third kappa shape index (κ3) is 5.88. The molecule has 0 radical (unpaired) electrons. The highest BCUT2D eigenvalue weighted by molar-refractivity contribution is 5.93. The van der Waals surface area contributed by atoms with E-state index in [1.165, 1.54) is 24.3 Å². The number of halogens is 1. The molecule has 0 unspecified atom stereocenters. The lowest BCUT2D eigenvalue weighted by Crippen LogP contribution is -2.21. The summed E-state index contributed by atoms with van der Waals surface area (Å²) in [7, 11) is 0. The fourth-order valence-corrected chi connectivity index (χ4v) is 2.00. The number of carbonyl (C=O) groups is 2. The number of hydrogen-bond acceptors (Lipinski definition) is 6. The van der Waals surface area contributed by atoms with Crippen molar-refractivity contribution in [3.63, 3.8) is 0 Å².